The zero-order valence-corrected chi connectivity index (χ0v) is 11.7. The van der Waals surface area contributed by atoms with Crippen molar-refractivity contribution in [3.05, 3.63) is 58.1 Å². The summed E-state index contributed by atoms with van der Waals surface area (Å²) in [5.74, 6) is 1.63. The number of hydrogen-bond acceptors (Lipinski definition) is 4. The van der Waals surface area contributed by atoms with Crippen LogP contribution in [-0.4, -0.2) is 13.2 Å². The maximum absolute atomic E-state index is 11.5. The lowest BCUT2D eigenvalue weighted by molar-refractivity contribution is 0.240. The third kappa shape index (κ3) is 3.88. The Hall–Kier alpha value is -2.23. The predicted molar refractivity (Wildman–Crippen MR) is 76.5 cm³/mol. The van der Waals surface area contributed by atoms with Crippen LogP contribution in [0.5, 0.6) is 11.5 Å². The van der Waals surface area contributed by atoms with Crippen molar-refractivity contribution in [3.63, 3.8) is 0 Å². The Balaban J connectivity index is 1.76. The van der Waals surface area contributed by atoms with Gasteiger partial charge >= 0.3 is 0 Å². The van der Waals surface area contributed by atoms with E-state index >= 15 is 0 Å². The monoisotopic (exact) mass is 274 g/mol. The van der Waals surface area contributed by atoms with Crippen molar-refractivity contribution in [2.45, 2.75) is 20.3 Å². The van der Waals surface area contributed by atoms with Gasteiger partial charge in [-0.2, -0.15) is 0 Å². The number of aryl methyl sites for hydroxylation is 2. The minimum atomic E-state index is -0.159. The highest BCUT2D eigenvalue weighted by atomic mass is 16.5. The molecule has 0 amide bonds. The Morgan fingerprint density at radius 3 is 2.65 bits per heavy atom. The third-order valence-corrected chi connectivity index (χ3v) is 2.80. The van der Waals surface area contributed by atoms with Gasteiger partial charge in [0, 0.05) is 12.5 Å². The summed E-state index contributed by atoms with van der Waals surface area (Å²) < 4.78 is 16.2. The first-order valence-electron chi connectivity index (χ1n) is 6.57. The quantitative estimate of drug-likeness (QED) is 0.759. The van der Waals surface area contributed by atoms with E-state index in [1.807, 2.05) is 31.2 Å². The van der Waals surface area contributed by atoms with Crippen LogP contribution in [-0.2, 0) is 0 Å². The van der Waals surface area contributed by atoms with Gasteiger partial charge in [-0.05, 0) is 31.5 Å². The van der Waals surface area contributed by atoms with E-state index in [1.54, 1.807) is 6.92 Å². The Bertz CT molecular complexity index is 616. The van der Waals surface area contributed by atoms with E-state index in [2.05, 4.69) is 0 Å². The van der Waals surface area contributed by atoms with Crippen molar-refractivity contribution in [2.75, 3.05) is 13.2 Å². The van der Waals surface area contributed by atoms with Gasteiger partial charge in [-0.3, -0.25) is 4.79 Å². The van der Waals surface area contributed by atoms with Crippen LogP contribution in [0.4, 0.5) is 0 Å². The highest BCUT2D eigenvalue weighted by Crippen LogP contribution is 2.13. The molecular formula is C16H18O4. The molecule has 20 heavy (non-hydrogen) atoms. The summed E-state index contributed by atoms with van der Waals surface area (Å²) in [5.41, 5.74) is 1.00. The van der Waals surface area contributed by atoms with Crippen molar-refractivity contribution in [1.82, 2.24) is 0 Å². The zero-order chi connectivity index (χ0) is 14.4. The van der Waals surface area contributed by atoms with Crippen molar-refractivity contribution in [2.24, 2.45) is 0 Å². The second-order valence-corrected chi connectivity index (χ2v) is 4.54. The van der Waals surface area contributed by atoms with Gasteiger partial charge in [0.15, 0.2) is 0 Å². The molecule has 0 spiro atoms. The lowest BCUT2D eigenvalue weighted by Crippen LogP contribution is -2.11. The fourth-order valence-electron chi connectivity index (χ4n) is 1.80. The first kappa shape index (κ1) is 14.2. The second kappa shape index (κ2) is 6.80. The van der Waals surface area contributed by atoms with Crippen molar-refractivity contribution in [3.8, 4) is 11.5 Å². The molecule has 4 heteroatoms. The SMILES string of the molecule is Cc1cccc(OCCCOc2c(C)occc2=O)c1. The first-order valence-corrected chi connectivity index (χ1v) is 6.57. The fraction of sp³-hybridized carbons (Fsp3) is 0.312. The van der Waals surface area contributed by atoms with E-state index in [0.29, 0.717) is 25.4 Å². The molecule has 1 aromatic heterocycles. The van der Waals surface area contributed by atoms with Crippen molar-refractivity contribution < 1.29 is 13.9 Å². The molecule has 106 valence electrons. The lowest BCUT2D eigenvalue weighted by atomic mass is 10.2. The number of hydrogen-bond donors (Lipinski definition) is 0. The van der Waals surface area contributed by atoms with Gasteiger partial charge in [0.05, 0.1) is 19.5 Å². The summed E-state index contributed by atoms with van der Waals surface area (Å²) in [4.78, 5) is 11.5. The number of rotatable bonds is 6. The summed E-state index contributed by atoms with van der Waals surface area (Å²) in [6.07, 6.45) is 2.06. The molecule has 0 unspecified atom stereocenters. The normalized spacial score (nSPS) is 10.3. The van der Waals surface area contributed by atoms with Crippen LogP contribution in [0.1, 0.15) is 17.7 Å². The Kier molecular flexibility index (Phi) is 4.82. The van der Waals surface area contributed by atoms with Gasteiger partial charge < -0.3 is 13.9 Å². The molecule has 0 N–H and O–H groups in total. The zero-order valence-electron chi connectivity index (χ0n) is 11.7. The lowest BCUT2D eigenvalue weighted by Gasteiger charge is -2.08. The van der Waals surface area contributed by atoms with Crippen LogP contribution in [0.2, 0.25) is 0 Å². The molecule has 0 aliphatic heterocycles. The molecule has 1 aromatic carbocycles. The number of benzene rings is 1. The molecule has 0 saturated carbocycles. The molecule has 4 nitrogen and oxygen atoms in total. The summed E-state index contributed by atoms with van der Waals surface area (Å²) in [6, 6.07) is 9.24. The second-order valence-electron chi connectivity index (χ2n) is 4.54. The molecule has 0 aliphatic carbocycles. The van der Waals surface area contributed by atoms with Gasteiger partial charge in [0.2, 0.25) is 11.2 Å². The van der Waals surface area contributed by atoms with E-state index in [4.69, 9.17) is 13.9 Å². The predicted octanol–water partition coefficient (Wildman–Crippen LogP) is 3.10. The maximum Gasteiger partial charge on any atom is 0.226 e. The highest BCUT2D eigenvalue weighted by Gasteiger charge is 2.05. The molecule has 0 saturated heterocycles. The van der Waals surface area contributed by atoms with E-state index in [0.717, 1.165) is 11.3 Å². The maximum atomic E-state index is 11.5. The average molecular weight is 274 g/mol. The molecule has 1 heterocycles. The molecule has 0 bridgehead atoms. The minimum Gasteiger partial charge on any atom is -0.493 e. The van der Waals surface area contributed by atoms with Gasteiger partial charge in [-0.25, -0.2) is 0 Å². The fourth-order valence-corrected chi connectivity index (χ4v) is 1.80. The molecule has 0 fully saturated rings. The topological polar surface area (TPSA) is 48.7 Å². The summed E-state index contributed by atoms with van der Waals surface area (Å²) >= 11 is 0. The van der Waals surface area contributed by atoms with Gasteiger partial charge in [0.25, 0.3) is 0 Å². The van der Waals surface area contributed by atoms with Crippen LogP contribution in [0.15, 0.2) is 45.8 Å². The third-order valence-electron chi connectivity index (χ3n) is 2.80. The molecule has 0 aliphatic rings. The van der Waals surface area contributed by atoms with E-state index in [9.17, 15) is 4.79 Å². The van der Waals surface area contributed by atoms with Gasteiger partial charge in [0.1, 0.15) is 11.5 Å². The molecule has 0 atom stereocenters. The minimum absolute atomic E-state index is 0.159. The van der Waals surface area contributed by atoms with Crippen LogP contribution in [0, 0.1) is 13.8 Å². The van der Waals surface area contributed by atoms with E-state index < -0.39 is 0 Å². The smallest absolute Gasteiger partial charge is 0.226 e. The van der Waals surface area contributed by atoms with Crippen LogP contribution >= 0.6 is 0 Å². The average Bonchev–Trinajstić information content (AvgIpc) is 2.41. The molecule has 2 aromatic rings. The van der Waals surface area contributed by atoms with Crippen LogP contribution < -0.4 is 14.9 Å². The molecule has 2 rings (SSSR count). The van der Waals surface area contributed by atoms with Crippen LogP contribution in [0.3, 0.4) is 0 Å². The van der Waals surface area contributed by atoms with Crippen LogP contribution in [0.25, 0.3) is 0 Å². The summed E-state index contributed by atoms with van der Waals surface area (Å²) in [5, 5.41) is 0. The standard InChI is InChI=1S/C16H18O4/c1-12-5-3-6-14(11-12)19-8-4-9-20-16-13(2)18-10-7-15(16)17/h3,5-7,10-11H,4,8-9H2,1-2H3. The number of ether oxygens (including phenoxy) is 2. The van der Waals surface area contributed by atoms with E-state index in [1.165, 1.54) is 12.3 Å². The summed E-state index contributed by atoms with van der Waals surface area (Å²) in [7, 11) is 0. The van der Waals surface area contributed by atoms with Gasteiger partial charge in [-0.1, -0.05) is 12.1 Å². The van der Waals surface area contributed by atoms with Gasteiger partial charge in [-0.15, -0.1) is 0 Å². The Morgan fingerprint density at radius 2 is 1.90 bits per heavy atom. The molecule has 0 radical (unpaired) electrons. The van der Waals surface area contributed by atoms with E-state index in [-0.39, 0.29) is 11.2 Å². The largest absolute Gasteiger partial charge is 0.493 e. The summed E-state index contributed by atoms with van der Waals surface area (Å²) in [6.45, 7) is 4.69. The molecular weight excluding hydrogens is 256 g/mol. The van der Waals surface area contributed by atoms with Crippen molar-refractivity contribution >= 4 is 0 Å². The van der Waals surface area contributed by atoms with Crippen molar-refractivity contribution in [1.29, 1.82) is 0 Å². The Labute approximate surface area is 118 Å². The first-order chi connectivity index (χ1) is 9.66. The highest BCUT2D eigenvalue weighted by molar-refractivity contribution is 5.27. The Morgan fingerprint density at radius 1 is 1.10 bits per heavy atom.